The second-order valence-corrected chi connectivity index (χ2v) is 3.96. The van der Waals surface area contributed by atoms with Crippen molar-refractivity contribution in [1.29, 1.82) is 0 Å². The summed E-state index contributed by atoms with van der Waals surface area (Å²) < 4.78 is 1.89. The third-order valence-corrected chi connectivity index (χ3v) is 2.89. The Hall–Kier alpha value is -2.50. The van der Waals surface area contributed by atoms with Gasteiger partial charge in [0.2, 0.25) is 0 Å². The smallest absolute Gasteiger partial charge is 0.195 e. The standard InChI is InChI=1S/C12H6BN5/c13-9-11-16-7-3-1-2-4-8(7)18(11)12-10(17-9)14-5-6-15-12/h1-6H. The molecule has 0 aliphatic carbocycles. The summed E-state index contributed by atoms with van der Waals surface area (Å²) in [6.07, 6.45) is 3.23. The minimum atomic E-state index is 0.360. The molecule has 0 saturated carbocycles. The summed E-state index contributed by atoms with van der Waals surface area (Å²) in [7, 11) is 5.92. The number of aromatic nitrogens is 5. The van der Waals surface area contributed by atoms with Crippen LogP contribution in [0.4, 0.5) is 0 Å². The number of imidazole rings is 1. The largest absolute Gasteiger partial charge is 0.273 e. The van der Waals surface area contributed by atoms with Crippen LogP contribution < -0.4 is 5.59 Å². The maximum Gasteiger partial charge on any atom is 0.195 e. The van der Waals surface area contributed by atoms with E-state index in [1.165, 1.54) is 0 Å². The van der Waals surface area contributed by atoms with Crippen molar-refractivity contribution in [1.82, 2.24) is 24.3 Å². The third kappa shape index (κ3) is 1.12. The van der Waals surface area contributed by atoms with Gasteiger partial charge in [0.05, 0.1) is 11.0 Å². The summed E-state index contributed by atoms with van der Waals surface area (Å²) in [6, 6.07) is 7.80. The molecule has 2 radical (unpaired) electrons. The van der Waals surface area contributed by atoms with Gasteiger partial charge in [0, 0.05) is 18.0 Å². The molecule has 82 valence electrons. The van der Waals surface area contributed by atoms with E-state index in [0.29, 0.717) is 22.5 Å². The predicted octanol–water partition coefficient (Wildman–Crippen LogP) is 0.619. The number of fused-ring (bicyclic) bond motifs is 5. The number of rotatable bonds is 0. The Morgan fingerprint density at radius 3 is 2.72 bits per heavy atom. The van der Waals surface area contributed by atoms with E-state index in [0.717, 1.165) is 11.0 Å². The molecule has 0 bridgehead atoms. The Balaban J connectivity index is 2.41. The topological polar surface area (TPSA) is 56.0 Å². The monoisotopic (exact) mass is 231 g/mol. The SMILES string of the molecule is [B]c1nc2nccnc2n2c1nc1ccccc12. The van der Waals surface area contributed by atoms with Gasteiger partial charge in [-0.2, -0.15) is 0 Å². The van der Waals surface area contributed by atoms with Crippen LogP contribution in [0.5, 0.6) is 0 Å². The Labute approximate surface area is 103 Å². The lowest BCUT2D eigenvalue weighted by Gasteiger charge is -2.02. The molecule has 5 nitrogen and oxygen atoms in total. The van der Waals surface area contributed by atoms with Gasteiger partial charge in [0.1, 0.15) is 13.5 Å². The van der Waals surface area contributed by atoms with Gasteiger partial charge in [-0.05, 0) is 12.1 Å². The first-order valence-corrected chi connectivity index (χ1v) is 5.48. The number of benzene rings is 1. The van der Waals surface area contributed by atoms with Crippen molar-refractivity contribution in [3.05, 3.63) is 36.7 Å². The highest BCUT2D eigenvalue weighted by molar-refractivity contribution is 6.35. The third-order valence-electron chi connectivity index (χ3n) is 2.89. The van der Waals surface area contributed by atoms with Crippen molar-refractivity contribution in [2.24, 2.45) is 0 Å². The molecule has 0 amide bonds. The molecule has 0 saturated heterocycles. The predicted molar refractivity (Wildman–Crippen MR) is 69.0 cm³/mol. The Kier molecular flexibility index (Phi) is 1.72. The van der Waals surface area contributed by atoms with Crippen LogP contribution in [-0.4, -0.2) is 32.2 Å². The van der Waals surface area contributed by atoms with Gasteiger partial charge in [-0.25, -0.2) is 19.9 Å². The van der Waals surface area contributed by atoms with E-state index >= 15 is 0 Å². The zero-order valence-corrected chi connectivity index (χ0v) is 9.28. The first-order valence-electron chi connectivity index (χ1n) is 5.48. The van der Waals surface area contributed by atoms with Crippen molar-refractivity contribution < 1.29 is 0 Å². The molecule has 18 heavy (non-hydrogen) atoms. The fraction of sp³-hybridized carbons (Fsp3) is 0. The van der Waals surface area contributed by atoms with Crippen molar-refractivity contribution in [2.45, 2.75) is 0 Å². The van der Waals surface area contributed by atoms with Crippen LogP contribution in [0.3, 0.4) is 0 Å². The van der Waals surface area contributed by atoms with Gasteiger partial charge < -0.3 is 0 Å². The molecule has 0 unspecified atom stereocenters. The van der Waals surface area contributed by atoms with E-state index in [1.54, 1.807) is 12.4 Å². The maximum absolute atomic E-state index is 5.92. The van der Waals surface area contributed by atoms with Crippen LogP contribution in [-0.2, 0) is 0 Å². The van der Waals surface area contributed by atoms with E-state index in [2.05, 4.69) is 19.9 Å². The number of hydrogen-bond donors (Lipinski definition) is 0. The van der Waals surface area contributed by atoms with Crippen molar-refractivity contribution in [2.75, 3.05) is 0 Å². The number of hydrogen-bond acceptors (Lipinski definition) is 4. The van der Waals surface area contributed by atoms with Gasteiger partial charge in [-0.1, -0.05) is 12.1 Å². The van der Waals surface area contributed by atoms with Crippen LogP contribution in [0.25, 0.3) is 28.0 Å². The molecule has 0 aliphatic rings. The fourth-order valence-electron chi connectivity index (χ4n) is 2.14. The molecule has 6 heteroatoms. The summed E-state index contributed by atoms with van der Waals surface area (Å²) in [5.41, 5.74) is 3.97. The normalized spacial score (nSPS) is 11.6. The van der Waals surface area contributed by atoms with Crippen molar-refractivity contribution >= 4 is 41.4 Å². The van der Waals surface area contributed by atoms with Crippen molar-refractivity contribution in [3.8, 4) is 0 Å². The lowest BCUT2D eigenvalue weighted by atomic mass is 10.1. The summed E-state index contributed by atoms with van der Waals surface area (Å²) in [5.74, 6) is 0. The molecule has 3 heterocycles. The molecule has 0 fully saturated rings. The molecule has 0 atom stereocenters. The first-order chi connectivity index (χ1) is 8.84. The Morgan fingerprint density at radius 1 is 0.944 bits per heavy atom. The molecule has 3 aromatic heterocycles. The zero-order valence-electron chi connectivity index (χ0n) is 9.28. The molecule has 1 aromatic carbocycles. The highest BCUT2D eigenvalue weighted by Crippen LogP contribution is 2.17. The Morgan fingerprint density at radius 2 is 1.78 bits per heavy atom. The number of nitrogens with zero attached hydrogens (tertiary/aromatic N) is 5. The average Bonchev–Trinajstić information content (AvgIpc) is 2.79. The van der Waals surface area contributed by atoms with Gasteiger partial charge in [-0.3, -0.25) is 4.40 Å². The minimum Gasteiger partial charge on any atom is -0.273 e. The Bertz CT molecular complexity index is 899. The fourth-order valence-corrected chi connectivity index (χ4v) is 2.14. The number of para-hydroxylation sites is 2. The average molecular weight is 231 g/mol. The van der Waals surface area contributed by atoms with Gasteiger partial charge in [-0.15, -0.1) is 0 Å². The van der Waals surface area contributed by atoms with Crippen LogP contribution >= 0.6 is 0 Å². The van der Waals surface area contributed by atoms with Crippen LogP contribution in [0.15, 0.2) is 36.7 Å². The van der Waals surface area contributed by atoms with E-state index in [9.17, 15) is 0 Å². The van der Waals surface area contributed by atoms with Crippen LogP contribution in [0.2, 0.25) is 0 Å². The summed E-state index contributed by atoms with van der Waals surface area (Å²) in [4.78, 5) is 17.2. The van der Waals surface area contributed by atoms with Gasteiger partial charge in [0.25, 0.3) is 0 Å². The maximum atomic E-state index is 5.92. The first kappa shape index (κ1) is 9.53. The quantitative estimate of drug-likeness (QED) is 0.416. The summed E-state index contributed by atoms with van der Waals surface area (Å²) in [6.45, 7) is 0. The summed E-state index contributed by atoms with van der Waals surface area (Å²) >= 11 is 0. The van der Waals surface area contributed by atoms with E-state index in [4.69, 9.17) is 7.85 Å². The van der Waals surface area contributed by atoms with E-state index in [1.807, 2.05) is 28.7 Å². The minimum absolute atomic E-state index is 0.360. The summed E-state index contributed by atoms with van der Waals surface area (Å²) in [5, 5.41) is 0. The highest BCUT2D eigenvalue weighted by Gasteiger charge is 2.11. The molecule has 4 rings (SSSR count). The second kappa shape index (κ2) is 3.26. The molecule has 0 spiro atoms. The highest BCUT2D eigenvalue weighted by atomic mass is 15.1. The zero-order chi connectivity index (χ0) is 12.1. The van der Waals surface area contributed by atoms with Crippen molar-refractivity contribution in [3.63, 3.8) is 0 Å². The molecular formula is C12H6BN5. The molecular weight excluding hydrogens is 225 g/mol. The van der Waals surface area contributed by atoms with Crippen LogP contribution in [0, 0.1) is 0 Å². The van der Waals surface area contributed by atoms with Crippen LogP contribution in [0.1, 0.15) is 0 Å². The molecule has 4 aromatic rings. The van der Waals surface area contributed by atoms with E-state index < -0.39 is 0 Å². The lowest BCUT2D eigenvalue weighted by Crippen LogP contribution is -2.14. The molecule has 0 aliphatic heterocycles. The van der Waals surface area contributed by atoms with E-state index in [-0.39, 0.29) is 0 Å². The van der Waals surface area contributed by atoms with Gasteiger partial charge in [0.15, 0.2) is 11.3 Å². The second-order valence-electron chi connectivity index (χ2n) is 3.96. The molecule has 0 N–H and O–H groups in total. The van der Waals surface area contributed by atoms with Gasteiger partial charge >= 0.3 is 0 Å². The lowest BCUT2D eigenvalue weighted by molar-refractivity contribution is 1.15.